The van der Waals surface area contributed by atoms with Gasteiger partial charge in [0, 0.05) is 24.2 Å². The van der Waals surface area contributed by atoms with Crippen LogP contribution in [0.15, 0.2) is 24.3 Å². The van der Waals surface area contributed by atoms with E-state index in [0.717, 1.165) is 31.7 Å². The van der Waals surface area contributed by atoms with E-state index >= 15 is 0 Å². The SMILES string of the molecule is FC(F)(F)c1ccccc1N(CCCl)C1CCCCC1. The van der Waals surface area contributed by atoms with E-state index in [9.17, 15) is 13.2 Å². The van der Waals surface area contributed by atoms with Gasteiger partial charge in [0.25, 0.3) is 0 Å². The molecule has 0 saturated heterocycles. The number of benzene rings is 1. The smallest absolute Gasteiger partial charge is 0.367 e. The molecular formula is C15H19ClF3N. The standard InChI is InChI=1S/C15H19ClF3N/c16-10-11-20(12-6-2-1-3-7-12)14-9-5-4-8-13(14)15(17,18)19/h4-5,8-9,12H,1-3,6-7,10-11H2. The molecule has 1 aliphatic rings. The van der Waals surface area contributed by atoms with Gasteiger partial charge >= 0.3 is 6.18 Å². The Balaban J connectivity index is 2.33. The average Bonchev–Trinajstić information content (AvgIpc) is 2.45. The summed E-state index contributed by atoms with van der Waals surface area (Å²) in [6.45, 7) is 0.458. The lowest BCUT2D eigenvalue weighted by Gasteiger charge is -2.37. The quantitative estimate of drug-likeness (QED) is 0.701. The Hall–Kier alpha value is -0.900. The number of anilines is 1. The number of hydrogen-bond acceptors (Lipinski definition) is 1. The van der Waals surface area contributed by atoms with E-state index in [1.807, 2.05) is 4.90 Å². The molecule has 0 bridgehead atoms. The van der Waals surface area contributed by atoms with Gasteiger partial charge in [-0.2, -0.15) is 13.2 Å². The number of hydrogen-bond donors (Lipinski definition) is 0. The van der Waals surface area contributed by atoms with Crippen LogP contribution in [0.1, 0.15) is 37.7 Å². The summed E-state index contributed by atoms with van der Waals surface area (Å²) in [6, 6.07) is 5.98. The molecule has 2 rings (SSSR count). The maximum atomic E-state index is 13.2. The molecule has 0 amide bonds. The normalized spacial score (nSPS) is 17.2. The molecule has 1 aromatic carbocycles. The highest BCUT2D eigenvalue weighted by Crippen LogP contribution is 2.38. The third kappa shape index (κ3) is 3.60. The highest BCUT2D eigenvalue weighted by Gasteiger charge is 2.35. The van der Waals surface area contributed by atoms with E-state index in [4.69, 9.17) is 11.6 Å². The van der Waals surface area contributed by atoms with Gasteiger partial charge in [-0.15, -0.1) is 11.6 Å². The van der Waals surface area contributed by atoms with Crippen LogP contribution in [0.2, 0.25) is 0 Å². The van der Waals surface area contributed by atoms with Gasteiger partial charge in [-0.05, 0) is 25.0 Å². The van der Waals surface area contributed by atoms with Crippen molar-refractivity contribution in [1.82, 2.24) is 0 Å². The number of alkyl halides is 4. The summed E-state index contributed by atoms with van der Waals surface area (Å²) in [6.07, 6.45) is 0.906. The van der Waals surface area contributed by atoms with Crippen LogP contribution < -0.4 is 4.90 Å². The summed E-state index contributed by atoms with van der Waals surface area (Å²) in [5.41, 5.74) is -0.289. The molecule has 0 heterocycles. The lowest BCUT2D eigenvalue weighted by Crippen LogP contribution is -2.39. The number of rotatable bonds is 4. The molecule has 0 aromatic heterocycles. The second-order valence-corrected chi connectivity index (χ2v) is 5.57. The molecule has 1 aromatic rings. The lowest BCUT2D eigenvalue weighted by molar-refractivity contribution is -0.137. The van der Waals surface area contributed by atoms with Crippen molar-refractivity contribution in [2.45, 2.75) is 44.3 Å². The Bertz CT molecular complexity index is 427. The number of halogens is 4. The van der Waals surface area contributed by atoms with Crippen LogP contribution >= 0.6 is 11.6 Å². The predicted octanol–water partition coefficient (Wildman–Crippen LogP) is 5.08. The molecule has 0 unspecified atom stereocenters. The minimum atomic E-state index is -4.32. The molecule has 5 heteroatoms. The van der Waals surface area contributed by atoms with Gasteiger partial charge in [-0.1, -0.05) is 31.4 Å². The minimum Gasteiger partial charge on any atom is -0.367 e. The van der Waals surface area contributed by atoms with Crippen molar-refractivity contribution in [2.75, 3.05) is 17.3 Å². The fourth-order valence-corrected chi connectivity index (χ4v) is 3.13. The summed E-state index contributed by atoms with van der Waals surface area (Å²) < 4.78 is 39.5. The first-order valence-corrected chi connectivity index (χ1v) is 7.56. The van der Waals surface area contributed by atoms with Crippen LogP contribution in [0.3, 0.4) is 0 Å². The van der Waals surface area contributed by atoms with E-state index in [1.54, 1.807) is 12.1 Å². The molecule has 0 atom stereocenters. The zero-order valence-electron chi connectivity index (χ0n) is 11.3. The minimum absolute atomic E-state index is 0.172. The van der Waals surface area contributed by atoms with Crippen LogP contribution in [-0.2, 0) is 6.18 Å². The van der Waals surface area contributed by atoms with Gasteiger partial charge in [-0.3, -0.25) is 0 Å². The van der Waals surface area contributed by atoms with Gasteiger partial charge in [-0.25, -0.2) is 0 Å². The molecule has 0 spiro atoms. The van der Waals surface area contributed by atoms with Gasteiger partial charge in [0.2, 0.25) is 0 Å². The first-order chi connectivity index (χ1) is 9.54. The van der Waals surface area contributed by atoms with E-state index in [0.29, 0.717) is 12.4 Å². The first kappa shape index (κ1) is 15.5. The summed E-state index contributed by atoms with van der Waals surface area (Å²) >= 11 is 5.81. The topological polar surface area (TPSA) is 3.24 Å². The highest BCUT2D eigenvalue weighted by molar-refractivity contribution is 6.18. The molecule has 20 heavy (non-hydrogen) atoms. The number of nitrogens with zero attached hydrogens (tertiary/aromatic N) is 1. The maximum Gasteiger partial charge on any atom is 0.418 e. The van der Waals surface area contributed by atoms with Crippen LogP contribution in [-0.4, -0.2) is 18.5 Å². The zero-order valence-corrected chi connectivity index (χ0v) is 12.1. The van der Waals surface area contributed by atoms with Crippen LogP contribution in [0.5, 0.6) is 0 Å². The van der Waals surface area contributed by atoms with Gasteiger partial charge in [0.05, 0.1) is 5.56 Å². The second kappa shape index (κ2) is 6.70. The summed E-state index contributed by atoms with van der Waals surface area (Å²) in [5.74, 6) is 0.336. The summed E-state index contributed by atoms with van der Waals surface area (Å²) in [5, 5.41) is 0. The van der Waals surface area contributed by atoms with E-state index in [1.165, 1.54) is 12.5 Å². The van der Waals surface area contributed by atoms with Gasteiger partial charge < -0.3 is 4.90 Å². The Morgan fingerprint density at radius 2 is 1.75 bits per heavy atom. The Morgan fingerprint density at radius 1 is 1.10 bits per heavy atom. The average molecular weight is 306 g/mol. The van der Waals surface area contributed by atoms with Gasteiger partial charge in [0.15, 0.2) is 0 Å². The zero-order chi connectivity index (χ0) is 14.6. The van der Waals surface area contributed by atoms with E-state index in [-0.39, 0.29) is 11.7 Å². The van der Waals surface area contributed by atoms with Crippen molar-refractivity contribution >= 4 is 17.3 Å². The Kier molecular flexibility index (Phi) is 5.19. The summed E-state index contributed by atoms with van der Waals surface area (Å²) in [4.78, 5) is 1.86. The Morgan fingerprint density at radius 3 is 2.35 bits per heavy atom. The van der Waals surface area contributed by atoms with Gasteiger partial charge in [0.1, 0.15) is 0 Å². The molecule has 1 nitrogen and oxygen atoms in total. The van der Waals surface area contributed by atoms with E-state index < -0.39 is 11.7 Å². The third-order valence-corrected chi connectivity index (χ3v) is 4.03. The Labute approximate surface area is 122 Å². The van der Waals surface area contributed by atoms with Crippen molar-refractivity contribution < 1.29 is 13.2 Å². The number of para-hydroxylation sites is 1. The fraction of sp³-hybridized carbons (Fsp3) is 0.600. The van der Waals surface area contributed by atoms with Crippen molar-refractivity contribution in [3.8, 4) is 0 Å². The maximum absolute atomic E-state index is 13.2. The molecule has 1 fully saturated rings. The first-order valence-electron chi connectivity index (χ1n) is 7.03. The van der Waals surface area contributed by atoms with Crippen molar-refractivity contribution in [3.05, 3.63) is 29.8 Å². The van der Waals surface area contributed by atoms with E-state index in [2.05, 4.69) is 0 Å². The van der Waals surface area contributed by atoms with Crippen molar-refractivity contribution in [3.63, 3.8) is 0 Å². The molecule has 0 N–H and O–H groups in total. The largest absolute Gasteiger partial charge is 0.418 e. The molecule has 1 aliphatic carbocycles. The highest BCUT2D eigenvalue weighted by atomic mass is 35.5. The molecule has 1 saturated carbocycles. The van der Waals surface area contributed by atoms with Crippen LogP contribution in [0, 0.1) is 0 Å². The molecule has 0 aliphatic heterocycles. The molecular weight excluding hydrogens is 287 g/mol. The van der Waals surface area contributed by atoms with Crippen molar-refractivity contribution in [1.29, 1.82) is 0 Å². The summed E-state index contributed by atoms with van der Waals surface area (Å²) in [7, 11) is 0. The fourth-order valence-electron chi connectivity index (χ4n) is 2.95. The van der Waals surface area contributed by atoms with Crippen LogP contribution in [0.25, 0.3) is 0 Å². The van der Waals surface area contributed by atoms with Crippen molar-refractivity contribution in [2.24, 2.45) is 0 Å². The van der Waals surface area contributed by atoms with Crippen LogP contribution in [0.4, 0.5) is 18.9 Å². The predicted molar refractivity (Wildman–Crippen MR) is 76.4 cm³/mol. The third-order valence-electron chi connectivity index (χ3n) is 3.86. The lowest BCUT2D eigenvalue weighted by atomic mass is 9.93. The second-order valence-electron chi connectivity index (χ2n) is 5.19. The molecule has 112 valence electrons. The monoisotopic (exact) mass is 305 g/mol. The molecule has 0 radical (unpaired) electrons.